The van der Waals surface area contributed by atoms with E-state index in [4.69, 9.17) is 0 Å². The molecule has 0 saturated carbocycles. The largest absolute Gasteiger partial charge is 0.341 e. The number of imide groups is 1. The zero-order valence-electron chi connectivity index (χ0n) is 11.9. The molecule has 0 aliphatic carbocycles. The van der Waals surface area contributed by atoms with Crippen molar-refractivity contribution in [2.24, 2.45) is 0 Å². The predicted molar refractivity (Wildman–Crippen MR) is 73.5 cm³/mol. The molecule has 5 nitrogen and oxygen atoms in total. The lowest BCUT2D eigenvalue weighted by Gasteiger charge is -2.14. The van der Waals surface area contributed by atoms with Crippen LogP contribution in [0.5, 0.6) is 0 Å². The van der Waals surface area contributed by atoms with Crippen LogP contribution in [0.3, 0.4) is 0 Å². The van der Waals surface area contributed by atoms with E-state index in [1.54, 1.807) is 0 Å². The highest BCUT2D eigenvalue weighted by Crippen LogP contribution is 2.03. The summed E-state index contributed by atoms with van der Waals surface area (Å²) in [6, 6.07) is -0.374. The Kier molecular flexibility index (Phi) is 10.3. The molecular weight excluding hydrogens is 230 g/mol. The van der Waals surface area contributed by atoms with E-state index in [2.05, 4.69) is 17.6 Å². The second kappa shape index (κ2) is 11.0. The van der Waals surface area contributed by atoms with Crippen LogP contribution in [-0.4, -0.2) is 44.0 Å². The van der Waals surface area contributed by atoms with Gasteiger partial charge in [-0.1, -0.05) is 39.0 Å². The number of amides is 3. The van der Waals surface area contributed by atoms with Crippen molar-refractivity contribution in [1.82, 2.24) is 15.5 Å². The Morgan fingerprint density at radius 1 is 1.06 bits per heavy atom. The number of nitrogens with one attached hydrogen (secondary N) is 2. The summed E-state index contributed by atoms with van der Waals surface area (Å²) >= 11 is 0. The first-order chi connectivity index (χ1) is 8.63. The molecule has 0 radical (unpaired) electrons. The standard InChI is InChI=1S/C13H27N3O2/c1-4-5-6-7-8-9-10-15-11-12(17)16(3)13(18)14-2/h15H,4-11H2,1-3H3,(H,14,18). The molecule has 0 bridgehead atoms. The second-order valence-corrected chi connectivity index (χ2v) is 4.45. The third-order valence-electron chi connectivity index (χ3n) is 2.88. The smallest absolute Gasteiger partial charge is 0.323 e. The molecule has 106 valence electrons. The van der Waals surface area contributed by atoms with Crippen LogP contribution in [0.2, 0.25) is 0 Å². The Bertz CT molecular complexity index is 244. The minimum atomic E-state index is -0.374. The van der Waals surface area contributed by atoms with Gasteiger partial charge in [-0.2, -0.15) is 0 Å². The van der Waals surface area contributed by atoms with E-state index in [-0.39, 0.29) is 18.5 Å². The van der Waals surface area contributed by atoms with Gasteiger partial charge in [0.1, 0.15) is 0 Å². The van der Waals surface area contributed by atoms with E-state index < -0.39 is 0 Å². The topological polar surface area (TPSA) is 61.4 Å². The molecule has 0 heterocycles. The predicted octanol–water partition coefficient (Wildman–Crippen LogP) is 1.73. The number of urea groups is 1. The van der Waals surface area contributed by atoms with Crippen molar-refractivity contribution in [2.75, 3.05) is 27.2 Å². The Morgan fingerprint density at radius 3 is 2.28 bits per heavy atom. The number of hydrogen-bond donors (Lipinski definition) is 2. The number of hydrogen-bond acceptors (Lipinski definition) is 3. The number of nitrogens with zero attached hydrogens (tertiary/aromatic N) is 1. The van der Waals surface area contributed by atoms with Crippen LogP contribution in [0.4, 0.5) is 4.79 Å². The summed E-state index contributed by atoms with van der Waals surface area (Å²) < 4.78 is 0. The van der Waals surface area contributed by atoms with E-state index in [1.165, 1.54) is 46.2 Å². The lowest BCUT2D eigenvalue weighted by Crippen LogP contribution is -2.43. The van der Waals surface area contributed by atoms with Crippen molar-refractivity contribution < 1.29 is 9.59 Å². The first-order valence-corrected chi connectivity index (χ1v) is 6.82. The van der Waals surface area contributed by atoms with E-state index in [0.717, 1.165) is 17.9 Å². The number of carbonyl (C=O) groups excluding carboxylic acids is 2. The second-order valence-electron chi connectivity index (χ2n) is 4.45. The van der Waals surface area contributed by atoms with Gasteiger partial charge in [0, 0.05) is 14.1 Å². The van der Waals surface area contributed by atoms with E-state index >= 15 is 0 Å². The molecule has 0 aromatic heterocycles. The van der Waals surface area contributed by atoms with Crippen molar-refractivity contribution in [2.45, 2.75) is 45.4 Å². The van der Waals surface area contributed by atoms with Crippen LogP contribution in [0.1, 0.15) is 45.4 Å². The van der Waals surface area contributed by atoms with E-state index in [9.17, 15) is 9.59 Å². The van der Waals surface area contributed by atoms with Crippen molar-refractivity contribution in [3.63, 3.8) is 0 Å². The minimum absolute atomic E-state index is 0.208. The molecule has 0 atom stereocenters. The highest BCUT2D eigenvalue weighted by atomic mass is 16.2. The van der Waals surface area contributed by atoms with Crippen LogP contribution < -0.4 is 10.6 Å². The number of unbranched alkanes of at least 4 members (excludes halogenated alkanes) is 5. The number of carbonyl (C=O) groups is 2. The van der Waals surface area contributed by atoms with Crippen molar-refractivity contribution in [1.29, 1.82) is 0 Å². The van der Waals surface area contributed by atoms with Gasteiger partial charge in [0.25, 0.3) is 0 Å². The maximum absolute atomic E-state index is 11.5. The van der Waals surface area contributed by atoms with Crippen LogP contribution in [-0.2, 0) is 4.79 Å². The van der Waals surface area contributed by atoms with E-state index in [1.807, 2.05) is 0 Å². The Balaban J connectivity index is 3.43. The van der Waals surface area contributed by atoms with Gasteiger partial charge in [-0.25, -0.2) is 4.79 Å². The molecule has 0 aliphatic rings. The summed E-state index contributed by atoms with van der Waals surface area (Å²) in [5.41, 5.74) is 0. The average molecular weight is 257 g/mol. The van der Waals surface area contributed by atoms with Gasteiger partial charge in [0.2, 0.25) is 5.91 Å². The zero-order valence-corrected chi connectivity index (χ0v) is 11.9. The molecular formula is C13H27N3O2. The van der Waals surface area contributed by atoms with E-state index in [0.29, 0.717) is 0 Å². The van der Waals surface area contributed by atoms with Gasteiger partial charge in [-0.15, -0.1) is 0 Å². The summed E-state index contributed by atoms with van der Waals surface area (Å²) in [7, 11) is 2.99. The zero-order chi connectivity index (χ0) is 13.8. The van der Waals surface area contributed by atoms with Gasteiger partial charge in [-0.05, 0) is 13.0 Å². The van der Waals surface area contributed by atoms with Crippen molar-refractivity contribution >= 4 is 11.9 Å². The summed E-state index contributed by atoms with van der Waals surface area (Å²) in [6.45, 7) is 3.26. The highest BCUT2D eigenvalue weighted by molar-refractivity contribution is 5.94. The summed E-state index contributed by atoms with van der Waals surface area (Å²) in [5.74, 6) is -0.208. The van der Waals surface area contributed by atoms with Crippen molar-refractivity contribution in [3.05, 3.63) is 0 Å². The summed E-state index contributed by atoms with van der Waals surface area (Å²) in [6.07, 6.45) is 7.42. The SMILES string of the molecule is CCCCCCCCNCC(=O)N(C)C(=O)NC. The van der Waals surface area contributed by atoms with Crippen LogP contribution >= 0.6 is 0 Å². The Morgan fingerprint density at radius 2 is 1.67 bits per heavy atom. The third-order valence-corrected chi connectivity index (χ3v) is 2.88. The fourth-order valence-electron chi connectivity index (χ4n) is 1.63. The molecule has 0 rings (SSSR count). The molecule has 5 heteroatoms. The molecule has 3 amide bonds. The van der Waals surface area contributed by atoms with Crippen molar-refractivity contribution in [3.8, 4) is 0 Å². The summed E-state index contributed by atoms with van der Waals surface area (Å²) in [5, 5.41) is 5.48. The van der Waals surface area contributed by atoms with Gasteiger partial charge in [-0.3, -0.25) is 9.69 Å². The number of likely N-dealkylation sites (N-methyl/N-ethyl adjacent to an activating group) is 1. The quantitative estimate of drug-likeness (QED) is 0.618. The molecule has 0 fully saturated rings. The number of rotatable bonds is 9. The third kappa shape index (κ3) is 8.06. The van der Waals surface area contributed by atoms with Gasteiger partial charge in [0.15, 0.2) is 0 Å². The maximum atomic E-state index is 11.5. The fraction of sp³-hybridized carbons (Fsp3) is 0.846. The van der Waals surface area contributed by atoms with Gasteiger partial charge >= 0.3 is 6.03 Å². The molecule has 0 saturated heterocycles. The molecule has 0 aliphatic heterocycles. The molecule has 0 spiro atoms. The molecule has 0 aromatic carbocycles. The highest BCUT2D eigenvalue weighted by Gasteiger charge is 2.13. The minimum Gasteiger partial charge on any atom is -0.341 e. The first-order valence-electron chi connectivity index (χ1n) is 6.82. The Hall–Kier alpha value is -1.10. The van der Waals surface area contributed by atoms with Crippen LogP contribution in [0, 0.1) is 0 Å². The monoisotopic (exact) mass is 257 g/mol. The van der Waals surface area contributed by atoms with Crippen LogP contribution in [0.15, 0.2) is 0 Å². The normalized spacial score (nSPS) is 10.2. The Labute approximate surface area is 110 Å². The van der Waals surface area contributed by atoms with Gasteiger partial charge < -0.3 is 10.6 Å². The summed E-state index contributed by atoms with van der Waals surface area (Å²) in [4.78, 5) is 23.8. The van der Waals surface area contributed by atoms with Gasteiger partial charge in [0.05, 0.1) is 6.54 Å². The molecule has 0 aromatic rings. The first kappa shape index (κ1) is 16.9. The lowest BCUT2D eigenvalue weighted by atomic mass is 10.1. The molecule has 18 heavy (non-hydrogen) atoms. The fourth-order valence-corrected chi connectivity index (χ4v) is 1.63. The molecule has 0 unspecified atom stereocenters. The molecule has 2 N–H and O–H groups in total. The van der Waals surface area contributed by atoms with Crippen LogP contribution in [0.25, 0.3) is 0 Å². The maximum Gasteiger partial charge on any atom is 0.323 e. The average Bonchev–Trinajstić information content (AvgIpc) is 2.39. The lowest BCUT2D eigenvalue weighted by molar-refractivity contribution is -0.126.